The van der Waals surface area contributed by atoms with Gasteiger partial charge in [-0.05, 0) is 30.2 Å². The van der Waals surface area contributed by atoms with Crippen LogP contribution < -0.4 is 4.74 Å². The van der Waals surface area contributed by atoms with E-state index in [1.54, 1.807) is 6.20 Å². The van der Waals surface area contributed by atoms with Crippen LogP contribution in [0.3, 0.4) is 0 Å². The molecule has 19 heavy (non-hydrogen) atoms. The molecule has 0 spiro atoms. The highest BCUT2D eigenvalue weighted by atomic mass is 16.5. The van der Waals surface area contributed by atoms with Gasteiger partial charge in [0.05, 0.1) is 0 Å². The zero-order valence-corrected chi connectivity index (χ0v) is 10.7. The van der Waals surface area contributed by atoms with E-state index in [1.165, 1.54) is 0 Å². The Morgan fingerprint density at radius 3 is 2.74 bits per heavy atom. The average Bonchev–Trinajstić information content (AvgIpc) is 2.48. The van der Waals surface area contributed by atoms with Gasteiger partial charge in [0.2, 0.25) is 0 Å². The third kappa shape index (κ3) is 4.23. The Morgan fingerprint density at radius 1 is 1.11 bits per heavy atom. The topological polar surface area (TPSA) is 42.4 Å². The van der Waals surface area contributed by atoms with Crippen molar-refractivity contribution >= 4 is 6.08 Å². The highest BCUT2D eigenvalue weighted by molar-refractivity contribution is 5.52. The van der Waals surface area contributed by atoms with Crippen LogP contribution >= 0.6 is 0 Å². The largest absolute Gasteiger partial charge is 0.487 e. The molecule has 0 amide bonds. The van der Waals surface area contributed by atoms with Gasteiger partial charge in [0, 0.05) is 12.8 Å². The maximum absolute atomic E-state index is 8.76. The van der Waals surface area contributed by atoms with E-state index >= 15 is 0 Å². The van der Waals surface area contributed by atoms with Gasteiger partial charge in [-0.25, -0.2) is 0 Å². The first-order valence-electron chi connectivity index (χ1n) is 6.29. The molecule has 2 aromatic rings. The summed E-state index contributed by atoms with van der Waals surface area (Å²) < 4.78 is 5.78. The monoisotopic (exact) mass is 255 g/mol. The minimum atomic E-state index is 0.142. The molecule has 1 aromatic heterocycles. The molecule has 0 aliphatic heterocycles. The molecule has 0 atom stereocenters. The normalized spacial score (nSPS) is 10.8. The van der Waals surface area contributed by atoms with Crippen LogP contribution in [0.5, 0.6) is 5.75 Å². The van der Waals surface area contributed by atoms with E-state index in [0.29, 0.717) is 13.0 Å². The molecule has 0 aliphatic carbocycles. The van der Waals surface area contributed by atoms with Crippen molar-refractivity contribution in [1.82, 2.24) is 4.98 Å². The fourth-order valence-electron chi connectivity index (χ4n) is 1.65. The minimum absolute atomic E-state index is 0.142. The van der Waals surface area contributed by atoms with Crippen molar-refractivity contribution in [1.29, 1.82) is 0 Å². The lowest BCUT2D eigenvalue weighted by molar-refractivity contribution is 0.302. The average molecular weight is 255 g/mol. The molecule has 3 nitrogen and oxygen atoms in total. The van der Waals surface area contributed by atoms with Gasteiger partial charge in [-0.1, -0.05) is 36.4 Å². The number of aliphatic hydroxyl groups is 1. The third-order valence-electron chi connectivity index (χ3n) is 2.61. The van der Waals surface area contributed by atoms with E-state index in [9.17, 15) is 0 Å². The highest BCUT2D eigenvalue weighted by Gasteiger charge is 2.01. The van der Waals surface area contributed by atoms with Crippen LogP contribution in [0, 0.1) is 0 Å². The van der Waals surface area contributed by atoms with Crippen molar-refractivity contribution in [2.24, 2.45) is 0 Å². The lowest BCUT2D eigenvalue weighted by Crippen LogP contribution is -1.97. The van der Waals surface area contributed by atoms with Gasteiger partial charge in [-0.15, -0.1) is 0 Å². The van der Waals surface area contributed by atoms with Gasteiger partial charge in [-0.2, -0.15) is 0 Å². The minimum Gasteiger partial charge on any atom is -0.487 e. The van der Waals surface area contributed by atoms with Gasteiger partial charge in [0.1, 0.15) is 18.1 Å². The van der Waals surface area contributed by atoms with Crippen LogP contribution in [0.4, 0.5) is 0 Å². The number of benzene rings is 1. The summed E-state index contributed by atoms with van der Waals surface area (Å²) in [5, 5.41) is 8.76. The van der Waals surface area contributed by atoms with E-state index < -0.39 is 0 Å². The molecule has 0 unspecified atom stereocenters. The smallest absolute Gasteiger partial charge is 0.145 e. The summed E-state index contributed by atoms with van der Waals surface area (Å²) in [5.41, 5.74) is 1.91. The van der Waals surface area contributed by atoms with Crippen LogP contribution in [0.1, 0.15) is 17.7 Å². The SMILES string of the molecule is OCC/C=C\c1ncccc1OCc1ccccc1. The van der Waals surface area contributed by atoms with Crippen LogP contribution in [0.15, 0.2) is 54.7 Å². The second-order valence-electron chi connectivity index (χ2n) is 4.08. The number of hydrogen-bond acceptors (Lipinski definition) is 3. The summed E-state index contributed by atoms with van der Waals surface area (Å²) in [6.45, 7) is 0.664. The van der Waals surface area contributed by atoms with E-state index in [2.05, 4.69) is 4.98 Å². The molecule has 0 saturated heterocycles. The number of ether oxygens (including phenoxy) is 1. The lowest BCUT2D eigenvalue weighted by atomic mass is 10.2. The van der Waals surface area contributed by atoms with Crippen LogP contribution in [0.2, 0.25) is 0 Å². The predicted molar refractivity (Wildman–Crippen MR) is 75.7 cm³/mol. The summed E-state index contributed by atoms with van der Waals surface area (Å²) in [6.07, 6.45) is 6.11. The van der Waals surface area contributed by atoms with Gasteiger partial charge < -0.3 is 9.84 Å². The first-order chi connectivity index (χ1) is 9.40. The van der Waals surface area contributed by atoms with Crippen LogP contribution in [-0.4, -0.2) is 16.7 Å². The van der Waals surface area contributed by atoms with Gasteiger partial charge >= 0.3 is 0 Å². The molecule has 2 rings (SSSR count). The molecule has 1 aromatic carbocycles. The molecule has 1 N–H and O–H groups in total. The Labute approximate surface area is 113 Å². The van der Waals surface area contributed by atoms with Crippen molar-refractivity contribution < 1.29 is 9.84 Å². The highest BCUT2D eigenvalue weighted by Crippen LogP contribution is 2.18. The third-order valence-corrected chi connectivity index (χ3v) is 2.61. The van der Waals surface area contributed by atoms with Crippen molar-refractivity contribution in [3.8, 4) is 5.75 Å². The Bertz CT molecular complexity index is 523. The molecule has 98 valence electrons. The fraction of sp³-hybridized carbons (Fsp3) is 0.188. The maximum atomic E-state index is 8.76. The molecule has 0 fully saturated rings. The van der Waals surface area contributed by atoms with Crippen LogP contribution in [0.25, 0.3) is 6.08 Å². The molecule has 1 heterocycles. The van der Waals surface area contributed by atoms with Gasteiger partial charge in [0.25, 0.3) is 0 Å². The molecule has 0 aliphatic rings. The van der Waals surface area contributed by atoms with Gasteiger partial charge in [-0.3, -0.25) is 4.98 Å². The number of nitrogens with zero attached hydrogens (tertiary/aromatic N) is 1. The number of hydrogen-bond donors (Lipinski definition) is 1. The Kier molecular flexibility index (Phi) is 5.14. The zero-order chi connectivity index (χ0) is 13.3. The van der Waals surface area contributed by atoms with Crippen molar-refractivity contribution in [2.75, 3.05) is 6.61 Å². The molecule has 0 saturated carbocycles. The Hall–Kier alpha value is -2.13. The van der Waals surface area contributed by atoms with Crippen molar-refractivity contribution in [2.45, 2.75) is 13.0 Å². The van der Waals surface area contributed by atoms with E-state index in [4.69, 9.17) is 9.84 Å². The molecular formula is C16H17NO2. The number of aromatic nitrogens is 1. The standard InChI is InChI=1S/C16H17NO2/c18-12-5-4-9-15-16(10-6-11-17-15)19-13-14-7-2-1-3-8-14/h1-4,6-11,18H,5,12-13H2/b9-4-. The van der Waals surface area contributed by atoms with E-state index in [0.717, 1.165) is 17.0 Å². The summed E-state index contributed by atoms with van der Waals surface area (Å²) in [6, 6.07) is 13.8. The zero-order valence-electron chi connectivity index (χ0n) is 10.7. The van der Waals surface area contributed by atoms with E-state index in [1.807, 2.05) is 54.6 Å². The second kappa shape index (κ2) is 7.34. The first-order valence-corrected chi connectivity index (χ1v) is 6.29. The maximum Gasteiger partial charge on any atom is 0.145 e. The summed E-state index contributed by atoms with van der Waals surface area (Å²) >= 11 is 0. The lowest BCUT2D eigenvalue weighted by Gasteiger charge is -2.08. The number of pyridine rings is 1. The second-order valence-corrected chi connectivity index (χ2v) is 4.08. The molecule has 0 radical (unpaired) electrons. The quantitative estimate of drug-likeness (QED) is 0.862. The number of rotatable bonds is 6. The predicted octanol–water partition coefficient (Wildman–Crippen LogP) is 3.06. The molecular weight excluding hydrogens is 238 g/mol. The van der Waals surface area contributed by atoms with E-state index in [-0.39, 0.29) is 6.61 Å². The Morgan fingerprint density at radius 2 is 1.95 bits per heavy atom. The van der Waals surface area contributed by atoms with Crippen molar-refractivity contribution in [3.63, 3.8) is 0 Å². The van der Waals surface area contributed by atoms with Gasteiger partial charge in [0.15, 0.2) is 0 Å². The van der Waals surface area contributed by atoms with Crippen molar-refractivity contribution in [3.05, 3.63) is 66.0 Å². The molecule has 3 heteroatoms. The molecule has 0 bridgehead atoms. The summed E-state index contributed by atoms with van der Waals surface area (Å²) in [4.78, 5) is 4.27. The fourth-order valence-corrected chi connectivity index (χ4v) is 1.65. The Balaban J connectivity index is 2.03. The first kappa shape index (κ1) is 13.3. The number of aliphatic hydroxyl groups excluding tert-OH is 1. The summed E-state index contributed by atoms with van der Waals surface area (Å²) in [7, 11) is 0. The van der Waals surface area contributed by atoms with Crippen LogP contribution in [-0.2, 0) is 6.61 Å². The summed E-state index contributed by atoms with van der Waals surface area (Å²) in [5.74, 6) is 0.751.